The van der Waals surface area contributed by atoms with Crippen LogP contribution < -0.4 is 0 Å². The molecule has 0 atom stereocenters. The van der Waals surface area contributed by atoms with Crippen molar-refractivity contribution in [3.05, 3.63) is 12.2 Å². The van der Waals surface area contributed by atoms with Crippen LogP contribution in [0.2, 0.25) is 0 Å². The molecule has 0 aliphatic rings. The first kappa shape index (κ1) is 16.6. The van der Waals surface area contributed by atoms with Crippen molar-refractivity contribution in [1.29, 1.82) is 0 Å². The molecule has 0 spiro atoms. The first-order chi connectivity index (χ1) is 7.11. The second-order valence-electron chi connectivity index (χ2n) is 3.75. The highest BCUT2D eigenvalue weighted by molar-refractivity contribution is 5.89. The number of carbonyl (C=O) groups excluding carboxylic acids is 1. The highest BCUT2D eigenvalue weighted by Gasteiger charge is 2.21. The molecule has 92 valence electrons. The van der Waals surface area contributed by atoms with E-state index >= 15 is 0 Å². The van der Waals surface area contributed by atoms with Gasteiger partial charge in [-0.25, -0.2) is 9.59 Å². The molecule has 0 amide bonds. The monoisotopic (exact) mass is 232 g/mol. The molecule has 2 N–H and O–H groups in total. The second-order valence-corrected chi connectivity index (χ2v) is 3.75. The van der Waals surface area contributed by atoms with Crippen molar-refractivity contribution in [3.8, 4) is 0 Å². The highest BCUT2D eigenvalue weighted by atomic mass is 16.5. The number of hydrogen-bond acceptors (Lipinski definition) is 4. The van der Waals surface area contributed by atoms with E-state index < -0.39 is 11.9 Å². The Bertz CT molecular complexity index is 268. The van der Waals surface area contributed by atoms with Crippen LogP contribution in [0.1, 0.15) is 20.8 Å². The molecular weight excluding hydrogens is 216 g/mol. The lowest BCUT2D eigenvalue weighted by Crippen LogP contribution is -2.21. The summed E-state index contributed by atoms with van der Waals surface area (Å²) in [6.45, 7) is 5.45. The number of esters is 1. The van der Waals surface area contributed by atoms with Gasteiger partial charge in [0.2, 0.25) is 0 Å². The normalized spacial score (nSPS) is 10.2. The molecular formula is C10H16O6. The van der Waals surface area contributed by atoms with Gasteiger partial charge in [0.05, 0.1) is 12.5 Å². The van der Waals surface area contributed by atoms with Gasteiger partial charge in [-0.15, -0.1) is 0 Å². The minimum Gasteiger partial charge on any atom is -0.478 e. The predicted molar refractivity (Wildman–Crippen MR) is 55.9 cm³/mol. The molecule has 6 nitrogen and oxygen atoms in total. The molecule has 0 rings (SSSR count). The van der Waals surface area contributed by atoms with Gasteiger partial charge in [-0.3, -0.25) is 4.79 Å². The van der Waals surface area contributed by atoms with Gasteiger partial charge in [0, 0.05) is 12.2 Å². The molecule has 0 aliphatic carbocycles. The number of carbonyl (C=O) groups is 3. The van der Waals surface area contributed by atoms with Gasteiger partial charge in [-0.05, 0) is 20.8 Å². The van der Waals surface area contributed by atoms with E-state index in [0.29, 0.717) is 12.2 Å². The Morgan fingerprint density at radius 3 is 1.38 bits per heavy atom. The SMILES string of the molecule is COC(=O)C(C)(C)C.O=C(O)/C=C/C(=O)O. The van der Waals surface area contributed by atoms with Crippen LogP contribution in [0.4, 0.5) is 0 Å². The van der Waals surface area contributed by atoms with E-state index in [-0.39, 0.29) is 11.4 Å². The molecule has 0 radical (unpaired) electrons. The molecule has 0 aliphatic heterocycles. The summed E-state index contributed by atoms with van der Waals surface area (Å²) in [5.74, 6) is -2.68. The zero-order chi connectivity index (χ0) is 13.4. The van der Waals surface area contributed by atoms with Crippen molar-refractivity contribution in [1.82, 2.24) is 0 Å². The van der Waals surface area contributed by atoms with Gasteiger partial charge in [0.1, 0.15) is 0 Å². The molecule has 0 saturated heterocycles. The number of rotatable bonds is 2. The van der Waals surface area contributed by atoms with Gasteiger partial charge in [0.25, 0.3) is 0 Å². The predicted octanol–water partition coefficient (Wildman–Crippen LogP) is 0.917. The largest absolute Gasteiger partial charge is 0.478 e. The molecule has 0 bridgehead atoms. The molecule has 6 heteroatoms. The smallest absolute Gasteiger partial charge is 0.328 e. The Labute approximate surface area is 93.5 Å². The average Bonchev–Trinajstić information content (AvgIpc) is 2.13. The maximum Gasteiger partial charge on any atom is 0.328 e. The molecule has 16 heavy (non-hydrogen) atoms. The maximum absolute atomic E-state index is 10.6. The van der Waals surface area contributed by atoms with Crippen molar-refractivity contribution in [2.75, 3.05) is 7.11 Å². The zero-order valence-electron chi connectivity index (χ0n) is 9.68. The third kappa shape index (κ3) is 12.2. The highest BCUT2D eigenvalue weighted by Crippen LogP contribution is 2.13. The minimum atomic E-state index is -1.26. The maximum atomic E-state index is 10.6. The Hall–Kier alpha value is -1.85. The Kier molecular flexibility index (Phi) is 7.71. The van der Waals surface area contributed by atoms with Crippen LogP contribution >= 0.6 is 0 Å². The van der Waals surface area contributed by atoms with E-state index in [2.05, 4.69) is 4.74 Å². The van der Waals surface area contributed by atoms with Gasteiger partial charge in [-0.2, -0.15) is 0 Å². The fourth-order valence-electron chi connectivity index (χ4n) is 0.449. The van der Waals surface area contributed by atoms with E-state index in [1.807, 2.05) is 20.8 Å². The molecule has 0 aromatic carbocycles. The van der Waals surface area contributed by atoms with E-state index in [4.69, 9.17) is 10.2 Å². The second kappa shape index (κ2) is 7.44. The van der Waals surface area contributed by atoms with Crippen molar-refractivity contribution >= 4 is 17.9 Å². The minimum absolute atomic E-state index is 0.169. The van der Waals surface area contributed by atoms with Crippen LogP contribution in [0.25, 0.3) is 0 Å². The van der Waals surface area contributed by atoms with Crippen molar-refractivity contribution in [3.63, 3.8) is 0 Å². The summed E-state index contributed by atoms with van der Waals surface area (Å²) in [6.07, 6.45) is 1.12. The van der Waals surface area contributed by atoms with Crippen molar-refractivity contribution in [2.24, 2.45) is 5.41 Å². The number of hydrogen-bond donors (Lipinski definition) is 2. The van der Waals surface area contributed by atoms with E-state index in [1.54, 1.807) is 0 Å². The summed E-state index contributed by atoms with van der Waals surface area (Å²) in [6, 6.07) is 0. The molecule has 0 heterocycles. The summed E-state index contributed by atoms with van der Waals surface area (Å²) in [4.78, 5) is 29.7. The molecule has 0 aromatic rings. The third-order valence-corrected chi connectivity index (χ3v) is 1.17. The lowest BCUT2D eigenvalue weighted by molar-refractivity contribution is -0.149. The summed E-state index contributed by atoms with van der Waals surface area (Å²) < 4.78 is 4.48. The summed E-state index contributed by atoms with van der Waals surface area (Å²) in [7, 11) is 1.40. The standard InChI is InChI=1S/C6H12O2.C4H4O4/c1-6(2,3)5(7)8-4;5-3(6)1-2-4(7)8/h1-4H3;1-2H,(H,5,6)(H,7,8)/b;2-1+. The number of carboxylic acid groups (broad SMARTS) is 2. The van der Waals surface area contributed by atoms with Crippen LogP contribution in [-0.4, -0.2) is 35.2 Å². The first-order valence-electron chi connectivity index (χ1n) is 4.33. The molecule has 0 aromatic heterocycles. The van der Waals surface area contributed by atoms with E-state index in [0.717, 1.165) is 0 Å². The number of aliphatic carboxylic acids is 2. The number of methoxy groups -OCH3 is 1. The topological polar surface area (TPSA) is 101 Å². The lowest BCUT2D eigenvalue weighted by atomic mass is 9.98. The lowest BCUT2D eigenvalue weighted by Gasteiger charge is -2.13. The fraction of sp³-hybridized carbons (Fsp3) is 0.500. The first-order valence-corrected chi connectivity index (χ1v) is 4.33. The molecule has 0 fully saturated rings. The Morgan fingerprint density at radius 2 is 1.31 bits per heavy atom. The van der Waals surface area contributed by atoms with Gasteiger partial charge in [0.15, 0.2) is 0 Å². The summed E-state index contributed by atoms with van der Waals surface area (Å²) in [5.41, 5.74) is -0.352. The van der Waals surface area contributed by atoms with Gasteiger partial charge < -0.3 is 14.9 Å². The van der Waals surface area contributed by atoms with Crippen LogP contribution in [0.15, 0.2) is 12.2 Å². The Morgan fingerprint density at radius 1 is 1.00 bits per heavy atom. The fourth-order valence-corrected chi connectivity index (χ4v) is 0.449. The van der Waals surface area contributed by atoms with Crippen LogP contribution in [-0.2, 0) is 19.1 Å². The molecule has 0 saturated carbocycles. The summed E-state index contributed by atoms with van der Waals surface area (Å²) >= 11 is 0. The molecule has 0 unspecified atom stereocenters. The average molecular weight is 232 g/mol. The quantitative estimate of drug-likeness (QED) is 0.542. The van der Waals surface area contributed by atoms with Crippen LogP contribution in [0.3, 0.4) is 0 Å². The van der Waals surface area contributed by atoms with Crippen molar-refractivity contribution < 1.29 is 29.3 Å². The van der Waals surface area contributed by atoms with E-state index in [9.17, 15) is 14.4 Å². The van der Waals surface area contributed by atoms with Gasteiger partial charge in [-0.1, -0.05) is 0 Å². The number of carboxylic acids is 2. The van der Waals surface area contributed by atoms with Gasteiger partial charge >= 0.3 is 17.9 Å². The number of ether oxygens (including phenoxy) is 1. The zero-order valence-corrected chi connectivity index (χ0v) is 9.68. The Balaban J connectivity index is 0. The van der Waals surface area contributed by atoms with Crippen LogP contribution in [0.5, 0.6) is 0 Å². The van der Waals surface area contributed by atoms with E-state index in [1.165, 1.54) is 7.11 Å². The van der Waals surface area contributed by atoms with Crippen LogP contribution in [0, 0.1) is 5.41 Å². The third-order valence-electron chi connectivity index (χ3n) is 1.17. The summed E-state index contributed by atoms with van der Waals surface area (Å²) in [5, 5.41) is 15.6. The van der Waals surface area contributed by atoms with Crippen molar-refractivity contribution in [2.45, 2.75) is 20.8 Å².